The van der Waals surface area contributed by atoms with Crippen molar-refractivity contribution in [2.75, 3.05) is 5.32 Å². The van der Waals surface area contributed by atoms with Crippen LogP contribution in [-0.4, -0.2) is 9.55 Å². The second kappa shape index (κ2) is 6.18. The van der Waals surface area contributed by atoms with Crippen LogP contribution in [0.3, 0.4) is 0 Å². The van der Waals surface area contributed by atoms with Gasteiger partial charge in [-0.15, -0.1) is 0 Å². The molecule has 2 aromatic heterocycles. The van der Waals surface area contributed by atoms with Gasteiger partial charge < -0.3 is 9.88 Å². The van der Waals surface area contributed by atoms with Crippen molar-refractivity contribution >= 4 is 5.69 Å². The van der Waals surface area contributed by atoms with E-state index in [1.807, 2.05) is 31.5 Å². The first-order chi connectivity index (χ1) is 9.19. The molecule has 0 atom stereocenters. The van der Waals surface area contributed by atoms with Gasteiger partial charge in [0.15, 0.2) is 0 Å². The topological polar surface area (TPSA) is 46.9 Å². The lowest BCUT2D eigenvalue weighted by atomic mass is 10.2. The van der Waals surface area contributed by atoms with E-state index in [-0.39, 0.29) is 5.56 Å². The highest BCUT2D eigenvalue weighted by Gasteiger charge is 1.98. The third kappa shape index (κ3) is 3.68. The summed E-state index contributed by atoms with van der Waals surface area (Å²) >= 11 is 0. The number of nitrogens with one attached hydrogen (secondary N) is 1. The Morgan fingerprint density at radius 2 is 2.11 bits per heavy atom. The first-order valence-electron chi connectivity index (χ1n) is 6.55. The van der Waals surface area contributed by atoms with Gasteiger partial charge in [-0.1, -0.05) is 13.0 Å². The zero-order valence-electron chi connectivity index (χ0n) is 11.4. The van der Waals surface area contributed by atoms with Crippen LogP contribution in [0.2, 0.25) is 0 Å². The van der Waals surface area contributed by atoms with Gasteiger partial charge in [0.25, 0.3) is 5.56 Å². The molecule has 0 fully saturated rings. The molecular weight excluding hydrogens is 238 g/mol. The van der Waals surface area contributed by atoms with Crippen LogP contribution in [0.4, 0.5) is 5.69 Å². The molecule has 0 bridgehead atoms. The van der Waals surface area contributed by atoms with E-state index in [1.54, 1.807) is 10.6 Å². The monoisotopic (exact) mass is 257 g/mol. The molecular formula is C15H19N3O. The van der Waals surface area contributed by atoms with Crippen LogP contribution >= 0.6 is 0 Å². The number of rotatable bonds is 5. The largest absolute Gasteiger partial charge is 0.380 e. The van der Waals surface area contributed by atoms with Crippen molar-refractivity contribution in [2.24, 2.45) is 0 Å². The van der Waals surface area contributed by atoms with Crippen LogP contribution < -0.4 is 10.9 Å². The molecule has 0 aliphatic carbocycles. The summed E-state index contributed by atoms with van der Waals surface area (Å²) in [5.41, 5.74) is 3.14. The minimum atomic E-state index is 0.0457. The molecule has 2 heterocycles. The van der Waals surface area contributed by atoms with E-state index in [1.165, 1.54) is 0 Å². The van der Waals surface area contributed by atoms with E-state index < -0.39 is 0 Å². The summed E-state index contributed by atoms with van der Waals surface area (Å²) < 4.78 is 1.73. The van der Waals surface area contributed by atoms with Gasteiger partial charge in [-0.2, -0.15) is 0 Å². The molecule has 100 valence electrons. The van der Waals surface area contributed by atoms with Gasteiger partial charge in [0.2, 0.25) is 0 Å². The number of hydrogen-bond donors (Lipinski definition) is 1. The van der Waals surface area contributed by atoms with E-state index in [0.29, 0.717) is 6.54 Å². The highest BCUT2D eigenvalue weighted by atomic mass is 16.1. The number of anilines is 1. The second-order valence-electron chi connectivity index (χ2n) is 4.61. The Labute approximate surface area is 113 Å². The predicted molar refractivity (Wildman–Crippen MR) is 77.3 cm³/mol. The molecule has 0 unspecified atom stereocenters. The molecule has 0 aliphatic rings. The summed E-state index contributed by atoms with van der Waals surface area (Å²) in [6.07, 6.45) is 4.68. The average Bonchev–Trinajstić information content (AvgIpc) is 2.42. The second-order valence-corrected chi connectivity index (χ2v) is 4.61. The van der Waals surface area contributed by atoms with E-state index in [2.05, 4.69) is 23.3 Å². The summed E-state index contributed by atoms with van der Waals surface area (Å²) in [6, 6.07) is 7.47. The van der Waals surface area contributed by atoms with Crippen molar-refractivity contribution < 1.29 is 0 Å². The van der Waals surface area contributed by atoms with E-state index in [4.69, 9.17) is 0 Å². The van der Waals surface area contributed by atoms with Crippen LogP contribution in [-0.2, 0) is 13.1 Å². The molecule has 1 N–H and O–H groups in total. The first kappa shape index (κ1) is 13.3. The smallest absolute Gasteiger partial charge is 0.250 e. The lowest BCUT2D eigenvalue weighted by Gasteiger charge is -2.09. The first-order valence-corrected chi connectivity index (χ1v) is 6.55. The third-order valence-corrected chi connectivity index (χ3v) is 2.92. The summed E-state index contributed by atoms with van der Waals surface area (Å²) in [6.45, 7) is 5.49. The highest BCUT2D eigenvalue weighted by molar-refractivity contribution is 5.41. The Bertz CT molecular complexity index is 587. The number of aromatic nitrogens is 2. The molecule has 0 saturated heterocycles. The fourth-order valence-corrected chi connectivity index (χ4v) is 1.86. The lowest BCUT2D eigenvalue weighted by molar-refractivity contribution is 0.655. The number of nitrogens with zero attached hydrogens (tertiary/aromatic N) is 2. The third-order valence-electron chi connectivity index (χ3n) is 2.92. The molecule has 0 saturated carbocycles. The van der Waals surface area contributed by atoms with Crippen LogP contribution in [0, 0.1) is 6.92 Å². The van der Waals surface area contributed by atoms with Crippen LogP contribution in [0.25, 0.3) is 0 Å². The number of aryl methyl sites for hydroxylation is 2. The molecule has 2 aromatic rings. The summed E-state index contributed by atoms with van der Waals surface area (Å²) in [5.74, 6) is 0. The van der Waals surface area contributed by atoms with Crippen LogP contribution in [0.5, 0.6) is 0 Å². The normalized spacial score (nSPS) is 10.4. The van der Waals surface area contributed by atoms with Crippen molar-refractivity contribution in [3.63, 3.8) is 0 Å². The fourth-order valence-electron chi connectivity index (χ4n) is 1.86. The van der Waals surface area contributed by atoms with Gasteiger partial charge >= 0.3 is 0 Å². The molecule has 0 radical (unpaired) electrons. The zero-order chi connectivity index (χ0) is 13.7. The Balaban J connectivity index is 2.05. The molecule has 19 heavy (non-hydrogen) atoms. The molecule has 4 heteroatoms. The highest BCUT2D eigenvalue weighted by Crippen LogP contribution is 2.07. The summed E-state index contributed by atoms with van der Waals surface area (Å²) in [4.78, 5) is 15.9. The fraction of sp³-hybridized carbons (Fsp3) is 0.333. The standard InChI is InChI=1S/C15H19N3O/c1-3-8-18-11-14(6-7-15(18)19)17-10-13-5-4-12(2)16-9-13/h4-7,9,11,17H,3,8,10H2,1-2H3. The predicted octanol–water partition coefficient (Wildman–Crippen LogP) is 2.57. The molecule has 4 nitrogen and oxygen atoms in total. The average molecular weight is 257 g/mol. The Morgan fingerprint density at radius 3 is 2.79 bits per heavy atom. The SMILES string of the molecule is CCCn1cc(NCc2ccc(C)nc2)ccc1=O. The Kier molecular flexibility index (Phi) is 4.34. The van der Waals surface area contributed by atoms with Crippen molar-refractivity contribution in [1.82, 2.24) is 9.55 Å². The van der Waals surface area contributed by atoms with Gasteiger partial charge in [-0.25, -0.2) is 0 Å². The number of hydrogen-bond acceptors (Lipinski definition) is 3. The van der Waals surface area contributed by atoms with Gasteiger partial charge in [-0.3, -0.25) is 9.78 Å². The van der Waals surface area contributed by atoms with Crippen molar-refractivity contribution in [2.45, 2.75) is 33.4 Å². The van der Waals surface area contributed by atoms with E-state index >= 15 is 0 Å². The zero-order valence-corrected chi connectivity index (χ0v) is 11.4. The maximum atomic E-state index is 11.6. The minimum Gasteiger partial charge on any atom is -0.380 e. The van der Waals surface area contributed by atoms with Crippen LogP contribution in [0.1, 0.15) is 24.6 Å². The molecule has 2 rings (SSSR count). The van der Waals surface area contributed by atoms with E-state index in [9.17, 15) is 4.79 Å². The quantitative estimate of drug-likeness (QED) is 0.895. The molecule has 0 amide bonds. The van der Waals surface area contributed by atoms with Crippen LogP contribution in [0.15, 0.2) is 41.5 Å². The minimum absolute atomic E-state index is 0.0457. The van der Waals surface area contributed by atoms with E-state index in [0.717, 1.165) is 29.9 Å². The summed E-state index contributed by atoms with van der Waals surface area (Å²) in [7, 11) is 0. The van der Waals surface area contributed by atoms with Gasteiger partial charge in [-0.05, 0) is 31.0 Å². The van der Waals surface area contributed by atoms with Gasteiger partial charge in [0.05, 0.1) is 5.69 Å². The summed E-state index contributed by atoms with van der Waals surface area (Å²) in [5, 5.41) is 3.31. The molecule has 0 spiro atoms. The van der Waals surface area contributed by atoms with Crippen molar-refractivity contribution in [3.8, 4) is 0 Å². The number of pyridine rings is 2. The van der Waals surface area contributed by atoms with Gasteiger partial charge in [0.1, 0.15) is 0 Å². The molecule has 0 aliphatic heterocycles. The maximum Gasteiger partial charge on any atom is 0.250 e. The lowest BCUT2D eigenvalue weighted by Crippen LogP contribution is -2.18. The Hall–Kier alpha value is -2.10. The maximum absolute atomic E-state index is 11.6. The van der Waals surface area contributed by atoms with Gasteiger partial charge in [0, 0.05) is 37.2 Å². The molecule has 0 aromatic carbocycles. The van der Waals surface area contributed by atoms with Crippen molar-refractivity contribution in [3.05, 3.63) is 58.3 Å². The van der Waals surface area contributed by atoms with Crippen molar-refractivity contribution in [1.29, 1.82) is 0 Å². The Morgan fingerprint density at radius 1 is 1.26 bits per heavy atom.